The first-order valence-corrected chi connectivity index (χ1v) is 6.51. The SMILES string of the molecule is Cc1nn(C(C)C(=O)NCc2ccco2)c(C)c1C(=O)O. The molecule has 0 aliphatic carbocycles. The second kappa shape index (κ2) is 5.82. The van der Waals surface area contributed by atoms with E-state index in [4.69, 9.17) is 9.52 Å². The van der Waals surface area contributed by atoms with Crippen LogP contribution in [0.25, 0.3) is 0 Å². The van der Waals surface area contributed by atoms with Gasteiger partial charge in [0, 0.05) is 0 Å². The Morgan fingerprint density at radius 1 is 1.48 bits per heavy atom. The molecule has 0 aliphatic heterocycles. The minimum atomic E-state index is -1.04. The molecule has 1 unspecified atom stereocenters. The van der Waals surface area contributed by atoms with Gasteiger partial charge in [-0.2, -0.15) is 5.10 Å². The molecule has 0 aliphatic rings. The molecule has 21 heavy (non-hydrogen) atoms. The molecule has 0 spiro atoms. The number of rotatable bonds is 5. The summed E-state index contributed by atoms with van der Waals surface area (Å²) < 4.78 is 6.56. The van der Waals surface area contributed by atoms with Crippen molar-refractivity contribution in [3.63, 3.8) is 0 Å². The van der Waals surface area contributed by atoms with Crippen molar-refractivity contribution in [2.24, 2.45) is 0 Å². The lowest BCUT2D eigenvalue weighted by Crippen LogP contribution is -2.31. The molecule has 0 fully saturated rings. The van der Waals surface area contributed by atoms with E-state index in [0.717, 1.165) is 0 Å². The largest absolute Gasteiger partial charge is 0.478 e. The van der Waals surface area contributed by atoms with Crippen LogP contribution in [0.2, 0.25) is 0 Å². The molecule has 2 rings (SSSR count). The molecule has 1 amide bonds. The number of aromatic carboxylic acids is 1. The van der Waals surface area contributed by atoms with Gasteiger partial charge in [-0.3, -0.25) is 9.48 Å². The minimum Gasteiger partial charge on any atom is -0.478 e. The maximum absolute atomic E-state index is 12.1. The second-order valence-electron chi connectivity index (χ2n) is 4.77. The third-order valence-electron chi connectivity index (χ3n) is 3.30. The molecule has 7 nitrogen and oxygen atoms in total. The van der Waals surface area contributed by atoms with E-state index in [1.54, 1.807) is 32.9 Å². The molecule has 112 valence electrons. The van der Waals surface area contributed by atoms with Crippen LogP contribution < -0.4 is 5.32 Å². The number of carboxylic acids is 1. The number of carboxylic acid groups (broad SMARTS) is 1. The highest BCUT2D eigenvalue weighted by Gasteiger charge is 2.24. The van der Waals surface area contributed by atoms with Crippen LogP contribution in [0, 0.1) is 13.8 Å². The summed E-state index contributed by atoms with van der Waals surface area (Å²) >= 11 is 0. The summed E-state index contributed by atoms with van der Waals surface area (Å²) in [4.78, 5) is 23.3. The summed E-state index contributed by atoms with van der Waals surface area (Å²) in [5, 5.41) is 16.0. The van der Waals surface area contributed by atoms with Gasteiger partial charge in [-0.25, -0.2) is 4.79 Å². The lowest BCUT2D eigenvalue weighted by atomic mass is 10.2. The van der Waals surface area contributed by atoms with Gasteiger partial charge in [-0.15, -0.1) is 0 Å². The Kier molecular flexibility index (Phi) is 4.11. The van der Waals surface area contributed by atoms with E-state index in [-0.39, 0.29) is 18.0 Å². The van der Waals surface area contributed by atoms with Gasteiger partial charge in [-0.1, -0.05) is 0 Å². The van der Waals surface area contributed by atoms with Gasteiger partial charge < -0.3 is 14.8 Å². The van der Waals surface area contributed by atoms with E-state index >= 15 is 0 Å². The van der Waals surface area contributed by atoms with Crippen LogP contribution in [0.4, 0.5) is 0 Å². The Labute approximate surface area is 121 Å². The number of hydrogen-bond donors (Lipinski definition) is 2. The predicted molar refractivity (Wildman–Crippen MR) is 73.9 cm³/mol. The molecule has 2 N–H and O–H groups in total. The van der Waals surface area contributed by atoms with Crippen LogP contribution in [-0.4, -0.2) is 26.8 Å². The Bertz CT molecular complexity index is 658. The maximum atomic E-state index is 12.1. The van der Waals surface area contributed by atoms with E-state index < -0.39 is 12.0 Å². The van der Waals surface area contributed by atoms with Crippen LogP contribution in [0.1, 0.15) is 40.5 Å². The molecule has 2 aromatic heterocycles. The van der Waals surface area contributed by atoms with E-state index in [9.17, 15) is 9.59 Å². The number of carbonyl (C=O) groups excluding carboxylic acids is 1. The van der Waals surface area contributed by atoms with Gasteiger partial charge in [0.15, 0.2) is 0 Å². The molecular formula is C14H17N3O4. The number of aromatic nitrogens is 2. The number of nitrogens with one attached hydrogen (secondary N) is 1. The average Bonchev–Trinajstić information content (AvgIpc) is 3.03. The molecule has 0 aromatic carbocycles. The first-order chi connectivity index (χ1) is 9.91. The number of hydrogen-bond acceptors (Lipinski definition) is 4. The van der Waals surface area contributed by atoms with Crippen molar-refractivity contribution in [3.05, 3.63) is 41.1 Å². The third kappa shape index (κ3) is 2.96. The zero-order valence-electron chi connectivity index (χ0n) is 12.1. The van der Waals surface area contributed by atoms with Crippen molar-refractivity contribution in [2.45, 2.75) is 33.4 Å². The summed E-state index contributed by atoms with van der Waals surface area (Å²) in [5.41, 5.74) is 0.993. The standard InChI is InChI=1S/C14H17N3O4/c1-8-12(14(19)20)9(2)17(16-8)10(3)13(18)15-7-11-5-4-6-21-11/h4-6,10H,7H2,1-3H3,(H,15,18)(H,19,20). The quantitative estimate of drug-likeness (QED) is 0.873. The van der Waals surface area contributed by atoms with Gasteiger partial charge in [-0.05, 0) is 32.9 Å². The highest BCUT2D eigenvalue weighted by molar-refractivity contribution is 5.90. The van der Waals surface area contributed by atoms with Crippen LogP contribution in [0.5, 0.6) is 0 Å². The molecule has 7 heteroatoms. The highest BCUT2D eigenvalue weighted by Crippen LogP contribution is 2.17. The molecule has 0 bridgehead atoms. The number of aryl methyl sites for hydroxylation is 1. The molecule has 2 aromatic rings. The van der Waals surface area contributed by atoms with E-state index in [1.807, 2.05) is 0 Å². The van der Waals surface area contributed by atoms with Crippen LogP contribution in [0.3, 0.4) is 0 Å². The molecule has 0 radical (unpaired) electrons. The van der Waals surface area contributed by atoms with Crippen molar-refractivity contribution in [1.29, 1.82) is 0 Å². The van der Waals surface area contributed by atoms with Crippen molar-refractivity contribution >= 4 is 11.9 Å². The van der Waals surface area contributed by atoms with Crippen molar-refractivity contribution < 1.29 is 19.1 Å². The molecule has 2 heterocycles. The summed E-state index contributed by atoms with van der Waals surface area (Å²) in [6, 6.07) is 2.90. The lowest BCUT2D eigenvalue weighted by Gasteiger charge is -2.14. The summed E-state index contributed by atoms with van der Waals surface area (Å²) in [5.74, 6) is -0.650. The van der Waals surface area contributed by atoms with Gasteiger partial charge in [0.1, 0.15) is 17.4 Å². The Morgan fingerprint density at radius 3 is 2.71 bits per heavy atom. The first-order valence-electron chi connectivity index (χ1n) is 6.51. The summed E-state index contributed by atoms with van der Waals surface area (Å²) in [6.07, 6.45) is 1.53. The Balaban J connectivity index is 2.12. The normalized spacial score (nSPS) is 12.1. The number of amides is 1. The van der Waals surface area contributed by atoms with Gasteiger partial charge in [0.05, 0.1) is 24.2 Å². The minimum absolute atomic E-state index is 0.140. The number of carbonyl (C=O) groups is 2. The van der Waals surface area contributed by atoms with Gasteiger partial charge in [0.25, 0.3) is 0 Å². The Morgan fingerprint density at radius 2 is 2.19 bits per heavy atom. The zero-order chi connectivity index (χ0) is 15.6. The summed E-state index contributed by atoms with van der Waals surface area (Å²) in [7, 11) is 0. The lowest BCUT2D eigenvalue weighted by molar-refractivity contribution is -0.124. The van der Waals surface area contributed by atoms with Crippen LogP contribution in [-0.2, 0) is 11.3 Å². The van der Waals surface area contributed by atoms with Crippen molar-refractivity contribution in [2.75, 3.05) is 0 Å². The highest BCUT2D eigenvalue weighted by atomic mass is 16.4. The predicted octanol–water partition coefficient (Wildman–Crippen LogP) is 1.67. The third-order valence-corrected chi connectivity index (χ3v) is 3.30. The fourth-order valence-electron chi connectivity index (χ4n) is 2.20. The van der Waals surface area contributed by atoms with Gasteiger partial charge in [0.2, 0.25) is 5.91 Å². The van der Waals surface area contributed by atoms with Crippen LogP contribution in [0.15, 0.2) is 22.8 Å². The van der Waals surface area contributed by atoms with Crippen molar-refractivity contribution in [3.8, 4) is 0 Å². The monoisotopic (exact) mass is 291 g/mol. The smallest absolute Gasteiger partial charge is 0.339 e. The molecule has 0 saturated heterocycles. The van der Waals surface area contributed by atoms with E-state index in [0.29, 0.717) is 17.1 Å². The second-order valence-corrected chi connectivity index (χ2v) is 4.77. The van der Waals surface area contributed by atoms with Gasteiger partial charge >= 0.3 is 5.97 Å². The number of furan rings is 1. The first kappa shape index (κ1) is 14.8. The fourth-order valence-corrected chi connectivity index (χ4v) is 2.20. The van der Waals surface area contributed by atoms with E-state index in [1.165, 1.54) is 10.9 Å². The average molecular weight is 291 g/mol. The maximum Gasteiger partial charge on any atom is 0.339 e. The topological polar surface area (TPSA) is 97.4 Å². The molecular weight excluding hydrogens is 274 g/mol. The fraction of sp³-hybridized carbons (Fsp3) is 0.357. The van der Waals surface area contributed by atoms with Crippen molar-refractivity contribution in [1.82, 2.24) is 15.1 Å². The molecule has 1 atom stereocenters. The zero-order valence-corrected chi connectivity index (χ0v) is 12.1. The Hall–Kier alpha value is -2.57. The molecule has 0 saturated carbocycles. The number of nitrogens with zero attached hydrogens (tertiary/aromatic N) is 2. The summed E-state index contributed by atoms with van der Waals surface area (Å²) in [6.45, 7) is 5.20. The van der Waals surface area contributed by atoms with Crippen LogP contribution >= 0.6 is 0 Å². The van der Waals surface area contributed by atoms with E-state index in [2.05, 4.69) is 10.4 Å².